The van der Waals surface area contributed by atoms with Gasteiger partial charge in [-0.3, -0.25) is 0 Å². The molecule has 0 fully saturated rings. The summed E-state index contributed by atoms with van der Waals surface area (Å²) < 4.78 is 12.7. The molecular formula is C15H10ClN3O2. The van der Waals surface area contributed by atoms with Crippen molar-refractivity contribution in [2.45, 2.75) is 0 Å². The molecular weight excluding hydrogens is 290 g/mol. The lowest BCUT2D eigenvalue weighted by Gasteiger charge is -1.98. The van der Waals surface area contributed by atoms with E-state index in [2.05, 4.69) is 10.1 Å². The minimum atomic E-state index is 0.402. The lowest BCUT2D eigenvalue weighted by atomic mass is 10.2. The third-order valence-corrected chi connectivity index (χ3v) is 3.51. The first kappa shape index (κ1) is 12.2. The van der Waals surface area contributed by atoms with E-state index in [1.54, 1.807) is 23.9 Å². The van der Waals surface area contributed by atoms with Crippen LogP contribution < -0.4 is 4.74 Å². The number of ether oxygens (including phenoxy) is 1. The Bertz CT molecular complexity index is 958. The predicted octanol–water partition coefficient (Wildman–Crippen LogP) is 3.80. The smallest absolute Gasteiger partial charge is 0.155 e. The van der Waals surface area contributed by atoms with Gasteiger partial charge in [-0.1, -0.05) is 11.6 Å². The Morgan fingerprint density at radius 1 is 1.19 bits per heavy atom. The number of hydrogen-bond acceptors (Lipinski definition) is 4. The maximum atomic E-state index is 5.95. The van der Waals surface area contributed by atoms with Gasteiger partial charge >= 0.3 is 0 Å². The van der Waals surface area contributed by atoms with Crippen LogP contribution in [-0.2, 0) is 0 Å². The maximum Gasteiger partial charge on any atom is 0.155 e. The molecule has 0 unspecified atom stereocenters. The Morgan fingerprint density at radius 3 is 2.95 bits per heavy atom. The first-order chi connectivity index (χ1) is 10.2. The van der Waals surface area contributed by atoms with E-state index < -0.39 is 0 Å². The number of benzene rings is 1. The van der Waals surface area contributed by atoms with E-state index >= 15 is 0 Å². The van der Waals surface area contributed by atoms with Gasteiger partial charge in [-0.15, -0.1) is 0 Å². The van der Waals surface area contributed by atoms with Crippen molar-refractivity contribution in [3.05, 3.63) is 47.7 Å². The number of imidazole rings is 1. The first-order valence-electron chi connectivity index (χ1n) is 6.33. The zero-order valence-corrected chi connectivity index (χ0v) is 11.8. The van der Waals surface area contributed by atoms with Gasteiger partial charge in [0.1, 0.15) is 22.2 Å². The minimum Gasteiger partial charge on any atom is -0.497 e. The van der Waals surface area contributed by atoms with E-state index in [0.717, 1.165) is 22.4 Å². The summed E-state index contributed by atoms with van der Waals surface area (Å²) in [6.45, 7) is 0. The average Bonchev–Trinajstić information content (AvgIpc) is 3.08. The molecule has 104 valence electrons. The molecule has 0 N–H and O–H groups in total. The van der Waals surface area contributed by atoms with Crippen LogP contribution in [0.3, 0.4) is 0 Å². The fourth-order valence-electron chi connectivity index (χ4n) is 2.28. The fraction of sp³-hybridized carbons (Fsp3) is 0.0667. The Balaban J connectivity index is 1.93. The van der Waals surface area contributed by atoms with Crippen molar-refractivity contribution in [2.24, 2.45) is 0 Å². The molecule has 0 amide bonds. The normalized spacial score (nSPS) is 11.3. The SMILES string of the molecule is COc1ccc2cc(-c3cnc4ccc(Cl)nn34)oc2c1. The molecule has 3 heterocycles. The van der Waals surface area contributed by atoms with E-state index in [0.29, 0.717) is 16.6 Å². The van der Waals surface area contributed by atoms with Crippen LogP contribution in [-0.4, -0.2) is 21.7 Å². The molecule has 0 atom stereocenters. The van der Waals surface area contributed by atoms with Crippen LogP contribution in [0.15, 0.2) is 47.0 Å². The number of halogens is 1. The fourth-order valence-corrected chi connectivity index (χ4v) is 2.42. The standard InChI is InChI=1S/C15H10ClN3O2/c1-20-10-3-2-9-6-13(21-12(9)7-10)11-8-17-15-5-4-14(16)18-19(11)15/h2-8H,1H3. The van der Waals surface area contributed by atoms with Gasteiger partial charge < -0.3 is 9.15 Å². The van der Waals surface area contributed by atoms with E-state index in [-0.39, 0.29) is 0 Å². The third kappa shape index (κ3) is 1.94. The Hall–Kier alpha value is -2.53. The summed E-state index contributed by atoms with van der Waals surface area (Å²) in [5.41, 5.74) is 2.22. The van der Waals surface area contributed by atoms with E-state index in [4.69, 9.17) is 20.8 Å². The van der Waals surface area contributed by atoms with Crippen LogP contribution in [0.2, 0.25) is 5.15 Å². The lowest BCUT2D eigenvalue weighted by Crippen LogP contribution is -1.93. The Kier molecular flexibility index (Phi) is 2.62. The molecule has 6 heteroatoms. The van der Waals surface area contributed by atoms with Crippen molar-refractivity contribution >= 4 is 28.2 Å². The van der Waals surface area contributed by atoms with Crippen LogP contribution >= 0.6 is 11.6 Å². The molecule has 0 saturated carbocycles. The minimum absolute atomic E-state index is 0.402. The molecule has 3 aromatic heterocycles. The molecule has 0 aliphatic carbocycles. The largest absolute Gasteiger partial charge is 0.497 e. The number of hydrogen-bond donors (Lipinski definition) is 0. The summed E-state index contributed by atoms with van der Waals surface area (Å²) in [5.74, 6) is 1.43. The quantitative estimate of drug-likeness (QED) is 0.565. The van der Waals surface area contributed by atoms with Crippen LogP contribution in [0.4, 0.5) is 0 Å². The van der Waals surface area contributed by atoms with Gasteiger partial charge in [0.25, 0.3) is 0 Å². The van der Waals surface area contributed by atoms with Gasteiger partial charge in [0.15, 0.2) is 11.4 Å². The van der Waals surface area contributed by atoms with Crippen molar-refractivity contribution in [3.63, 3.8) is 0 Å². The summed E-state index contributed by atoms with van der Waals surface area (Å²) in [6, 6.07) is 11.2. The summed E-state index contributed by atoms with van der Waals surface area (Å²) in [7, 11) is 1.63. The highest BCUT2D eigenvalue weighted by Gasteiger charge is 2.13. The zero-order chi connectivity index (χ0) is 14.4. The molecule has 4 rings (SSSR count). The van der Waals surface area contributed by atoms with Gasteiger partial charge in [-0.25, -0.2) is 9.50 Å². The van der Waals surface area contributed by atoms with Crippen molar-refractivity contribution in [3.8, 4) is 17.2 Å². The van der Waals surface area contributed by atoms with Gasteiger partial charge in [0, 0.05) is 11.5 Å². The number of nitrogens with zero attached hydrogens (tertiary/aromatic N) is 3. The van der Waals surface area contributed by atoms with Gasteiger partial charge in [-0.05, 0) is 30.3 Å². The van der Waals surface area contributed by atoms with Crippen LogP contribution in [0.5, 0.6) is 5.75 Å². The number of fused-ring (bicyclic) bond motifs is 2. The highest BCUT2D eigenvalue weighted by Crippen LogP contribution is 2.30. The molecule has 21 heavy (non-hydrogen) atoms. The summed E-state index contributed by atoms with van der Waals surface area (Å²) >= 11 is 5.95. The maximum absolute atomic E-state index is 5.95. The Labute approximate surface area is 124 Å². The number of aromatic nitrogens is 3. The lowest BCUT2D eigenvalue weighted by molar-refractivity contribution is 0.414. The molecule has 5 nitrogen and oxygen atoms in total. The topological polar surface area (TPSA) is 52.6 Å². The monoisotopic (exact) mass is 299 g/mol. The van der Waals surface area contributed by atoms with E-state index in [9.17, 15) is 0 Å². The zero-order valence-electron chi connectivity index (χ0n) is 11.1. The second kappa shape index (κ2) is 4.49. The highest BCUT2D eigenvalue weighted by molar-refractivity contribution is 6.29. The third-order valence-electron chi connectivity index (χ3n) is 3.31. The molecule has 1 aromatic carbocycles. The van der Waals surface area contributed by atoms with Gasteiger partial charge in [-0.2, -0.15) is 5.10 Å². The number of methoxy groups -OCH3 is 1. The molecule has 0 saturated heterocycles. The molecule has 4 aromatic rings. The summed E-state index contributed by atoms with van der Waals surface area (Å²) in [6.07, 6.45) is 1.72. The van der Waals surface area contributed by atoms with E-state index in [1.807, 2.05) is 30.3 Å². The van der Waals surface area contributed by atoms with Gasteiger partial charge in [0.05, 0.1) is 13.3 Å². The Morgan fingerprint density at radius 2 is 2.10 bits per heavy atom. The van der Waals surface area contributed by atoms with Crippen molar-refractivity contribution < 1.29 is 9.15 Å². The van der Waals surface area contributed by atoms with Crippen LogP contribution in [0.25, 0.3) is 28.1 Å². The molecule has 0 aliphatic heterocycles. The molecule has 0 radical (unpaired) electrons. The number of furan rings is 1. The first-order valence-corrected chi connectivity index (χ1v) is 6.70. The second-order valence-electron chi connectivity index (χ2n) is 4.58. The van der Waals surface area contributed by atoms with Crippen molar-refractivity contribution in [2.75, 3.05) is 7.11 Å². The summed E-state index contributed by atoms with van der Waals surface area (Å²) in [5, 5.41) is 5.64. The average molecular weight is 300 g/mol. The molecule has 0 aliphatic rings. The van der Waals surface area contributed by atoms with Crippen molar-refractivity contribution in [1.29, 1.82) is 0 Å². The number of rotatable bonds is 2. The van der Waals surface area contributed by atoms with E-state index in [1.165, 1.54) is 0 Å². The van der Waals surface area contributed by atoms with Crippen molar-refractivity contribution in [1.82, 2.24) is 14.6 Å². The molecule has 0 bridgehead atoms. The predicted molar refractivity (Wildman–Crippen MR) is 79.8 cm³/mol. The van der Waals surface area contributed by atoms with Gasteiger partial charge in [0.2, 0.25) is 0 Å². The molecule has 0 spiro atoms. The summed E-state index contributed by atoms with van der Waals surface area (Å²) in [4.78, 5) is 4.30. The van der Waals surface area contributed by atoms with Crippen LogP contribution in [0, 0.1) is 0 Å². The highest BCUT2D eigenvalue weighted by atomic mass is 35.5. The van der Waals surface area contributed by atoms with Crippen LogP contribution in [0.1, 0.15) is 0 Å². The second-order valence-corrected chi connectivity index (χ2v) is 4.97.